The topological polar surface area (TPSA) is 55.7 Å². The first-order chi connectivity index (χ1) is 8.67. The second-order valence-electron chi connectivity index (χ2n) is 3.69. The van der Waals surface area contributed by atoms with E-state index < -0.39 is 11.9 Å². The van der Waals surface area contributed by atoms with Crippen LogP contribution in [0.2, 0.25) is 5.02 Å². The quantitative estimate of drug-likeness (QED) is 0.608. The molecule has 0 radical (unpaired) electrons. The third kappa shape index (κ3) is 2.21. The van der Waals surface area contributed by atoms with Crippen molar-refractivity contribution in [2.45, 2.75) is 6.92 Å². The summed E-state index contributed by atoms with van der Waals surface area (Å²) in [6, 6.07) is 4.96. The van der Waals surface area contributed by atoms with Crippen LogP contribution in [0.3, 0.4) is 0 Å². The standard InChI is InChI=1S/C13H10ClNO3/c1-2-18-13(17)10-6-15-12-4-3-8(14)5-9(12)11(10)7-16/h3-6,10H,2H2,1H3. The zero-order valence-corrected chi connectivity index (χ0v) is 10.4. The average molecular weight is 264 g/mol. The van der Waals surface area contributed by atoms with Gasteiger partial charge >= 0.3 is 5.97 Å². The molecular weight excluding hydrogens is 254 g/mol. The monoisotopic (exact) mass is 263 g/mol. The van der Waals surface area contributed by atoms with E-state index in [0.29, 0.717) is 16.3 Å². The molecule has 0 saturated carbocycles. The molecule has 0 N–H and O–H groups in total. The first kappa shape index (κ1) is 12.6. The van der Waals surface area contributed by atoms with Crippen LogP contribution >= 0.6 is 11.6 Å². The zero-order chi connectivity index (χ0) is 13.1. The normalized spacial score (nSPS) is 17.0. The van der Waals surface area contributed by atoms with E-state index in [1.165, 1.54) is 6.21 Å². The predicted octanol–water partition coefficient (Wildman–Crippen LogP) is 2.45. The minimum Gasteiger partial charge on any atom is -0.465 e. The zero-order valence-electron chi connectivity index (χ0n) is 9.64. The van der Waals surface area contributed by atoms with Gasteiger partial charge in [-0.15, -0.1) is 0 Å². The summed E-state index contributed by atoms with van der Waals surface area (Å²) >= 11 is 5.88. The number of hydrogen-bond acceptors (Lipinski definition) is 4. The number of nitrogens with zero attached hydrogens (tertiary/aromatic N) is 1. The van der Waals surface area contributed by atoms with Gasteiger partial charge in [-0.2, -0.15) is 0 Å². The summed E-state index contributed by atoms with van der Waals surface area (Å²) in [6.45, 7) is 1.95. The average Bonchev–Trinajstić information content (AvgIpc) is 2.37. The van der Waals surface area contributed by atoms with Crippen molar-refractivity contribution in [3.63, 3.8) is 0 Å². The van der Waals surface area contributed by atoms with Crippen LogP contribution in [-0.4, -0.2) is 24.7 Å². The molecule has 1 aliphatic rings. The molecule has 4 nitrogen and oxygen atoms in total. The van der Waals surface area contributed by atoms with Gasteiger partial charge in [-0.1, -0.05) is 11.6 Å². The highest BCUT2D eigenvalue weighted by Crippen LogP contribution is 2.35. The number of halogens is 1. The molecule has 0 saturated heterocycles. The highest BCUT2D eigenvalue weighted by molar-refractivity contribution is 6.31. The summed E-state index contributed by atoms with van der Waals surface area (Å²) in [6.07, 6.45) is 1.40. The Morgan fingerprint density at radius 2 is 2.33 bits per heavy atom. The minimum absolute atomic E-state index is 0.209. The fourth-order valence-electron chi connectivity index (χ4n) is 1.76. The van der Waals surface area contributed by atoms with Crippen molar-refractivity contribution in [2.24, 2.45) is 10.9 Å². The van der Waals surface area contributed by atoms with Gasteiger partial charge in [0.1, 0.15) is 11.9 Å². The highest BCUT2D eigenvalue weighted by atomic mass is 35.5. The van der Waals surface area contributed by atoms with Crippen molar-refractivity contribution >= 4 is 41.0 Å². The van der Waals surface area contributed by atoms with E-state index in [1.807, 2.05) is 0 Å². The van der Waals surface area contributed by atoms with Crippen LogP contribution in [0.4, 0.5) is 5.69 Å². The Hall–Kier alpha value is -1.90. The summed E-state index contributed by atoms with van der Waals surface area (Å²) in [5, 5.41) is 0.473. The molecule has 0 amide bonds. The summed E-state index contributed by atoms with van der Waals surface area (Å²) < 4.78 is 4.90. The van der Waals surface area contributed by atoms with Crippen molar-refractivity contribution < 1.29 is 14.3 Å². The smallest absolute Gasteiger partial charge is 0.319 e. The van der Waals surface area contributed by atoms with Crippen molar-refractivity contribution in [3.8, 4) is 0 Å². The van der Waals surface area contributed by atoms with E-state index in [4.69, 9.17) is 16.3 Å². The molecule has 0 fully saturated rings. The van der Waals surface area contributed by atoms with Gasteiger partial charge in [0, 0.05) is 16.8 Å². The van der Waals surface area contributed by atoms with E-state index in [9.17, 15) is 9.59 Å². The Balaban J connectivity index is 2.47. The van der Waals surface area contributed by atoms with Gasteiger partial charge < -0.3 is 4.74 Å². The maximum Gasteiger partial charge on any atom is 0.319 e. The number of carbonyl (C=O) groups is 1. The van der Waals surface area contributed by atoms with Crippen molar-refractivity contribution in [3.05, 3.63) is 28.8 Å². The number of fused-ring (bicyclic) bond motifs is 1. The summed E-state index contributed by atoms with van der Waals surface area (Å²) in [4.78, 5) is 26.9. The molecule has 0 spiro atoms. The molecule has 1 aromatic carbocycles. The van der Waals surface area contributed by atoms with E-state index in [2.05, 4.69) is 4.99 Å². The van der Waals surface area contributed by atoms with Gasteiger partial charge in [-0.05, 0) is 25.1 Å². The maximum absolute atomic E-state index is 11.7. The second-order valence-corrected chi connectivity index (χ2v) is 4.12. The molecule has 0 bridgehead atoms. The van der Waals surface area contributed by atoms with E-state index in [0.717, 1.165) is 0 Å². The molecule has 1 atom stereocenters. The Morgan fingerprint density at radius 3 is 3.00 bits per heavy atom. The molecule has 1 heterocycles. The largest absolute Gasteiger partial charge is 0.465 e. The summed E-state index contributed by atoms with van der Waals surface area (Å²) in [5.41, 5.74) is 1.33. The number of ether oxygens (including phenoxy) is 1. The molecule has 5 heteroatoms. The van der Waals surface area contributed by atoms with Crippen LogP contribution < -0.4 is 0 Å². The molecular formula is C13H10ClNO3. The lowest BCUT2D eigenvalue weighted by Gasteiger charge is -2.18. The third-order valence-corrected chi connectivity index (χ3v) is 2.81. The summed E-state index contributed by atoms with van der Waals surface area (Å²) in [7, 11) is 0. The molecule has 2 rings (SSSR count). The van der Waals surface area contributed by atoms with Gasteiger partial charge in [0.15, 0.2) is 0 Å². The number of carbonyl (C=O) groups excluding carboxylic acids is 2. The molecule has 1 aliphatic heterocycles. The molecule has 1 aromatic rings. The first-order valence-electron chi connectivity index (χ1n) is 5.43. The van der Waals surface area contributed by atoms with Crippen molar-refractivity contribution in [2.75, 3.05) is 6.61 Å². The number of esters is 1. The van der Waals surface area contributed by atoms with E-state index in [-0.39, 0.29) is 12.2 Å². The predicted molar refractivity (Wildman–Crippen MR) is 68.8 cm³/mol. The fraction of sp³-hybridized carbons (Fsp3) is 0.231. The van der Waals surface area contributed by atoms with Gasteiger partial charge in [0.05, 0.1) is 17.9 Å². The Kier molecular flexibility index (Phi) is 3.60. The highest BCUT2D eigenvalue weighted by Gasteiger charge is 2.29. The van der Waals surface area contributed by atoms with Crippen LogP contribution in [0.1, 0.15) is 12.5 Å². The Bertz CT molecular complexity index is 574. The maximum atomic E-state index is 11.7. The van der Waals surface area contributed by atoms with Gasteiger partial charge in [-0.25, -0.2) is 4.79 Å². The first-order valence-corrected chi connectivity index (χ1v) is 5.81. The number of aliphatic imine (C=N–C) groups is 1. The van der Waals surface area contributed by atoms with Crippen molar-refractivity contribution in [1.29, 1.82) is 0 Å². The lowest BCUT2D eigenvalue weighted by atomic mass is 9.91. The Morgan fingerprint density at radius 1 is 1.56 bits per heavy atom. The molecule has 92 valence electrons. The van der Waals surface area contributed by atoms with Gasteiger partial charge in [0.25, 0.3) is 0 Å². The van der Waals surface area contributed by atoms with Crippen LogP contribution in [0, 0.1) is 5.92 Å². The lowest BCUT2D eigenvalue weighted by molar-refractivity contribution is -0.143. The number of benzene rings is 1. The molecule has 0 aliphatic carbocycles. The van der Waals surface area contributed by atoms with Gasteiger partial charge in [-0.3, -0.25) is 9.79 Å². The van der Waals surface area contributed by atoms with Crippen LogP contribution in [0.15, 0.2) is 23.2 Å². The second kappa shape index (κ2) is 5.17. The Labute approximate surface area is 109 Å². The van der Waals surface area contributed by atoms with Crippen LogP contribution in [-0.2, 0) is 14.3 Å². The van der Waals surface area contributed by atoms with Crippen LogP contribution in [0.5, 0.6) is 0 Å². The van der Waals surface area contributed by atoms with E-state index in [1.54, 1.807) is 31.1 Å². The minimum atomic E-state index is -0.812. The third-order valence-electron chi connectivity index (χ3n) is 2.57. The fourth-order valence-corrected chi connectivity index (χ4v) is 1.93. The SMILES string of the molecule is CCOC(=O)C1C=Nc2ccc(Cl)cc2C1=C=O. The van der Waals surface area contributed by atoms with Gasteiger partial charge in [0.2, 0.25) is 0 Å². The van der Waals surface area contributed by atoms with Crippen molar-refractivity contribution in [1.82, 2.24) is 0 Å². The van der Waals surface area contributed by atoms with Crippen LogP contribution in [0.25, 0.3) is 5.57 Å². The molecule has 0 aromatic heterocycles. The molecule has 18 heavy (non-hydrogen) atoms. The van der Waals surface area contributed by atoms with E-state index >= 15 is 0 Å². The molecule has 1 unspecified atom stereocenters. The number of rotatable bonds is 2. The number of hydrogen-bond donors (Lipinski definition) is 0. The lowest BCUT2D eigenvalue weighted by Crippen LogP contribution is -2.22. The summed E-state index contributed by atoms with van der Waals surface area (Å²) in [5.74, 6) is 0.472.